The van der Waals surface area contributed by atoms with Gasteiger partial charge < -0.3 is 4.90 Å². The second-order valence-corrected chi connectivity index (χ2v) is 6.58. The van der Waals surface area contributed by atoms with E-state index < -0.39 is 18.4 Å². The summed E-state index contributed by atoms with van der Waals surface area (Å²) in [6, 6.07) is 6.15. The quantitative estimate of drug-likeness (QED) is 0.465. The molecule has 156 valence electrons. The molecule has 2 aromatic heterocycles. The fourth-order valence-electron chi connectivity index (χ4n) is 2.69. The lowest BCUT2D eigenvalue weighted by molar-refractivity contribution is -0.137. The third-order valence-electron chi connectivity index (χ3n) is 4.13. The van der Waals surface area contributed by atoms with Crippen LogP contribution in [0.15, 0.2) is 49.1 Å². The zero-order valence-corrected chi connectivity index (χ0v) is 16.1. The Bertz CT molecular complexity index is 1070. The van der Waals surface area contributed by atoms with Crippen LogP contribution in [0, 0.1) is 0 Å². The lowest BCUT2D eigenvalue weighted by atomic mass is 10.1. The molecule has 3 rings (SSSR count). The number of carbonyl (C=O) groups excluding carboxylic acids is 1. The highest BCUT2D eigenvalue weighted by molar-refractivity contribution is 6.22. The second kappa shape index (κ2) is 8.44. The maximum absolute atomic E-state index is 13.1. The Hall–Kier alpha value is -3.56. The molecule has 6 nitrogen and oxygen atoms in total. The van der Waals surface area contributed by atoms with E-state index in [0.717, 1.165) is 12.1 Å². The van der Waals surface area contributed by atoms with Crippen LogP contribution in [0.25, 0.3) is 23.2 Å². The van der Waals surface area contributed by atoms with Gasteiger partial charge in [-0.3, -0.25) is 9.78 Å². The fraction of sp³-hybridized carbons (Fsp3) is 0.200. The molecule has 0 bridgehead atoms. The van der Waals surface area contributed by atoms with Crippen LogP contribution >= 0.6 is 0 Å². The van der Waals surface area contributed by atoms with Gasteiger partial charge in [0.2, 0.25) is 0 Å². The number of alkyl halides is 4. The van der Waals surface area contributed by atoms with Crippen molar-refractivity contribution >= 4 is 17.7 Å². The van der Waals surface area contributed by atoms with Gasteiger partial charge in [-0.2, -0.15) is 13.2 Å². The number of pyridine rings is 1. The normalized spacial score (nSPS) is 12.1. The number of hydrogen-bond donors (Lipinski definition) is 0. The highest BCUT2D eigenvalue weighted by Crippen LogP contribution is 2.33. The highest BCUT2D eigenvalue weighted by Gasteiger charge is 2.31. The largest absolute Gasteiger partial charge is 0.416 e. The van der Waals surface area contributed by atoms with E-state index in [1.807, 2.05) is 0 Å². The molecule has 0 saturated heterocycles. The molecule has 0 unspecified atom stereocenters. The summed E-state index contributed by atoms with van der Waals surface area (Å²) in [5.41, 5.74) is -0.229. The summed E-state index contributed by atoms with van der Waals surface area (Å²) in [7, 11) is 3.18. The third kappa shape index (κ3) is 4.70. The Morgan fingerprint density at radius 2 is 1.87 bits per heavy atom. The molecular formula is C20H17F4N5O. The molecule has 1 amide bonds. The summed E-state index contributed by atoms with van der Waals surface area (Å²) < 4.78 is 53.6. The van der Waals surface area contributed by atoms with Crippen molar-refractivity contribution in [3.05, 3.63) is 65.7 Å². The highest BCUT2D eigenvalue weighted by atomic mass is 19.4. The van der Waals surface area contributed by atoms with Crippen molar-refractivity contribution in [2.24, 2.45) is 0 Å². The molecule has 10 heteroatoms. The Morgan fingerprint density at radius 1 is 1.17 bits per heavy atom. The molecule has 0 atom stereocenters. The summed E-state index contributed by atoms with van der Waals surface area (Å²) in [5, 5.41) is 4.14. The van der Waals surface area contributed by atoms with Gasteiger partial charge in [0.1, 0.15) is 13.0 Å². The van der Waals surface area contributed by atoms with Crippen LogP contribution in [0.4, 0.5) is 17.6 Å². The molecule has 0 fully saturated rings. The van der Waals surface area contributed by atoms with Gasteiger partial charge in [-0.25, -0.2) is 14.1 Å². The van der Waals surface area contributed by atoms with E-state index in [0.29, 0.717) is 5.56 Å². The van der Waals surface area contributed by atoms with Gasteiger partial charge in [0.15, 0.2) is 5.82 Å². The second-order valence-electron chi connectivity index (χ2n) is 6.58. The summed E-state index contributed by atoms with van der Waals surface area (Å²) in [6.45, 7) is -1.05. The SMILES string of the molecule is CN(C)C(=O)/C(=C\n1cnc(-c2cc(CF)cc(C(F)(F)F)c2)n1)c1ccncc1. The van der Waals surface area contributed by atoms with Crippen molar-refractivity contribution in [2.45, 2.75) is 12.9 Å². The van der Waals surface area contributed by atoms with Gasteiger partial charge >= 0.3 is 6.18 Å². The molecule has 3 aromatic rings. The smallest absolute Gasteiger partial charge is 0.345 e. The first-order chi connectivity index (χ1) is 14.2. The standard InChI is InChI=1S/C20H17F4N5O/c1-28(2)19(30)17(14-3-5-25-6-4-14)11-29-12-26-18(27-29)15-7-13(10-21)8-16(9-15)20(22,23)24/h3-9,11-12H,10H2,1-2H3/b17-11-. The minimum absolute atomic E-state index is 0.0222. The summed E-state index contributed by atoms with van der Waals surface area (Å²) >= 11 is 0. The lowest BCUT2D eigenvalue weighted by Crippen LogP contribution is -2.23. The van der Waals surface area contributed by atoms with Crippen molar-refractivity contribution in [1.29, 1.82) is 0 Å². The number of aromatic nitrogens is 4. The monoisotopic (exact) mass is 419 g/mol. The Morgan fingerprint density at radius 3 is 2.47 bits per heavy atom. The first-order valence-corrected chi connectivity index (χ1v) is 8.71. The van der Waals surface area contributed by atoms with Crippen molar-refractivity contribution in [3.63, 3.8) is 0 Å². The van der Waals surface area contributed by atoms with Gasteiger partial charge in [0.05, 0.1) is 11.1 Å². The van der Waals surface area contributed by atoms with E-state index >= 15 is 0 Å². The van der Waals surface area contributed by atoms with E-state index in [2.05, 4.69) is 15.1 Å². The van der Waals surface area contributed by atoms with E-state index in [1.54, 1.807) is 26.2 Å². The minimum atomic E-state index is -4.63. The summed E-state index contributed by atoms with van der Waals surface area (Å²) in [5.74, 6) is -0.338. The van der Waals surface area contributed by atoms with Crippen molar-refractivity contribution in [2.75, 3.05) is 14.1 Å². The van der Waals surface area contributed by atoms with Gasteiger partial charge in [-0.1, -0.05) is 0 Å². The number of carbonyl (C=O) groups is 1. The number of halogens is 4. The van der Waals surface area contributed by atoms with Gasteiger partial charge in [0, 0.05) is 38.3 Å². The molecule has 0 N–H and O–H groups in total. The molecule has 0 aliphatic carbocycles. The van der Waals surface area contributed by atoms with Crippen LogP contribution in [-0.4, -0.2) is 44.7 Å². The summed E-state index contributed by atoms with van der Waals surface area (Å²) in [6.07, 6.45) is 1.10. The third-order valence-corrected chi connectivity index (χ3v) is 4.13. The van der Waals surface area contributed by atoms with Gasteiger partial charge in [-0.15, -0.1) is 5.10 Å². The maximum Gasteiger partial charge on any atom is 0.416 e. The van der Waals surface area contributed by atoms with E-state index in [1.165, 1.54) is 40.6 Å². The molecule has 0 radical (unpaired) electrons. The minimum Gasteiger partial charge on any atom is -0.345 e. The number of hydrogen-bond acceptors (Lipinski definition) is 4. The molecule has 0 aliphatic heterocycles. The Kier molecular flexibility index (Phi) is 5.95. The average molecular weight is 419 g/mol. The van der Waals surface area contributed by atoms with Crippen LogP contribution in [0.1, 0.15) is 16.7 Å². The number of nitrogens with zero attached hydrogens (tertiary/aromatic N) is 5. The maximum atomic E-state index is 13.1. The van der Waals surface area contributed by atoms with Crippen LogP contribution in [0.3, 0.4) is 0 Å². The molecule has 1 aromatic carbocycles. The van der Waals surface area contributed by atoms with Crippen LogP contribution in [0.2, 0.25) is 0 Å². The first kappa shape index (κ1) is 21.2. The molecular weight excluding hydrogens is 402 g/mol. The predicted octanol–water partition coefficient (Wildman–Crippen LogP) is 3.91. The number of amides is 1. The fourth-order valence-corrected chi connectivity index (χ4v) is 2.69. The van der Waals surface area contributed by atoms with Crippen LogP contribution in [0.5, 0.6) is 0 Å². The lowest BCUT2D eigenvalue weighted by Gasteiger charge is -2.13. The first-order valence-electron chi connectivity index (χ1n) is 8.71. The van der Waals surface area contributed by atoms with E-state index in [4.69, 9.17) is 0 Å². The van der Waals surface area contributed by atoms with E-state index in [9.17, 15) is 22.4 Å². The topological polar surface area (TPSA) is 63.9 Å². The van der Waals surface area contributed by atoms with E-state index in [-0.39, 0.29) is 28.4 Å². The zero-order chi connectivity index (χ0) is 21.9. The molecule has 2 heterocycles. The average Bonchev–Trinajstić information content (AvgIpc) is 3.20. The van der Waals surface area contributed by atoms with Crippen LogP contribution in [-0.2, 0) is 17.6 Å². The number of likely N-dealkylation sites (N-methyl/N-ethyl adjacent to an activating group) is 1. The Labute approximate surface area is 169 Å². The number of benzene rings is 1. The molecule has 0 aliphatic rings. The van der Waals surface area contributed by atoms with Crippen molar-refractivity contribution in [1.82, 2.24) is 24.6 Å². The molecule has 30 heavy (non-hydrogen) atoms. The van der Waals surface area contributed by atoms with Gasteiger partial charge in [0.25, 0.3) is 5.91 Å². The molecule has 0 spiro atoms. The predicted molar refractivity (Wildman–Crippen MR) is 102 cm³/mol. The van der Waals surface area contributed by atoms with Crippen molar-refractivity contribution < 1.29 is 22.4 Å². The number of rotatable bonds is 5. The summed E-state index contributed by atoms with van der Waals surface area (Å²) in [4.78, 5) is 21.9. The van der Waals surface area contributed by atoms with Crippen molar-refractivity contribution in [3.8, 4) is 11.4 Å². The van der Waals surface area contributed by atoms with Crippen LogP contribution < -0.4 is 0 Å². The van der Waals surface area contributed by atoms with Gasteiger partial charge in [-0.05, 0) is 41.5 Å². The zero-order valence-electron chi connectivity index (χ0n) is 16.1. The molecule has 0 saturated carbocycles. The Balaban J connectivity index is 2.04.